The van der Waals surface area contributed by atoms with Crippen molar-refractivity contribution in [2.24, 2.45) is 9.98 Å². The van der Waals surface area contributed by atoms with Gasteiger partial charge in [0.1, 0.15) is 12.6 Å². The Bertz CT molecular complexity index is 241. The van der Waals surface area contributed by atoms with Crippen LogP contribution in [0.4, 0.5) is 0 Å². The summed E-state index contributed by atoms with van der Waals surface area (Å²) in [6.45, 7) is 5.58. The van der Waals surface area contributed by atoms with Crippen LogP contribution in [0, 0.1) is 0 Å². The minimum Gasteiger partial charge on any atom is -0.480 e. The summed E-state index contributed by atoms with van der Waals surface area (Å²) >= 11 is 4.20. The van der Waals surface area contributed by atoms with Crippen molar-refractivity contribution in [1.29, 1.82) is 0 Å². The third kappa shape index (κ3) is 2.90. The van der Waals surface area contributed by atoms with E-state index in [-0.39, 0.29) is 6.04 Å². The molecule has 80 valence electrons. The fourth-order valence-electron chi connectivity index (χ4n) is 1.18. The van der Waals surface area contributed by atoms with E-state index in [9.17, 15) is 0 Å². The quantitative estimate of drug-likeness (QED) is 0.720. The van der Waals surface area contributed by atoms with Gasteiger partial charge in [0.05, 0.1) is 13.2 Å². The van der Waals surface area contributed by atoms with Crippen molar-refractivity contribution in [3.63, 3.8) is 0 Å². The second-order valence-corrected chi connectivity index (χ2v) is 3.11. The Morgan fingerprint density at radius 1 is 1.36 bits per heavy atom. The topological polar surface area (TPSA) is 43.2 Å². The second kappa shape index (κ2) is 5.90. The molecule has 0 aliphatic carbocycles. The molecule has 0 spiro atoms. The highest BCUT2D eigenvalue weighted by molar-refractivity contribution is 7.80. The van der Waals surface area contributed by atoms with Crippen LogP contribution in [-0.2, 0) is 9.47 Å². The van der Waals surface area contributed by atoms with E-state index in [0.717, 1.165) is 0 Å². The number of ether oxygens (including phenoxy) is 2. The van der Waals surface area contributed by atoms with Gasteiger partial charge in [0.2, 0.25) is 11.8 Å². The van der Waals surface area contributed by atoms with E-state index in [4.69, 9.17) is 9.47 Å². The van der Waals surface area contributed by atoms with E-state index in [1.54, 1.807) is 0 Å². The van der Waals surface area contributed by atoms with Gasteiger partial charge in [-0.25, -0.2) is 9.98 Å². The average molecular weight is 216 g/mol. The van der Waals surface area contributed by atoms with E-state index in [1.165, 1.54) is 0 Å². The predicted molar refractivity (Wildman–Crippen MR) is 60.6 cm³/mol. The molecule has 0 aromatic rings. The summed E-state index contributed by atoms with van der Waals surface area (Å²) in [6, 6.07) is -0.0893. The van der Waals surface area contributed by atoms with Gasteiger partial charge in [-0.2, -0.15) is 12.6 Å². The highest BCUT2D eigenvalue weighted by atomic mass is 32.1. The van der Waals surface area contributed by atoms with Crippen LogP contribution in [0.5, 0.6) is 0 Å². The summed E-state index contributed by atoms with van der Waals surface area (Å²) in [5, 5.41) is 0. The Kier molecular flexibility index (Phi) is 4.79. The van der Waals surface area contributed by atoms with Gasteiger partial charge < -0.3 is 9.47 Å². The first-order chi connectivity index (χ1) is 6.81. The molecule has 1 aliphatic heterocycles. The smallest absolute Gasteiger partial charge is 0.210 e. The Balaban J connectivity index is 2.59. The lowest BCUT2D eigenvalue weighted by Gasteiger charge is -2.19. The molecule has 1 heterocycles. The Labute approximate surface area is 89.8 Å². The number of rotatable bonds is 3. The summed E-state index contributed by atoms with van der Waals surface area (Å²) in [6.07, 6.45) is 0. The van der Waals surface area contributed by atoms with Gasteiger partial charge in [-0.1, -0.05) is 0 Å². The molecular weight excluding hydrogens is 200 g/mol. The highest BCUT2D eigenvalue weighted by Crippen LogP contribution is 2.07. The molecule has 0 bridgehead atoms. The maximum atomic E-state index is 5.35. The third-order valence-corrected chi connectivity index (χ3v) is 2.08. The van der Waals surface area contributed by atoms with Crippen molar-refractivity contribution in [2.45, 2.75) is 19.9 Å². The molecule has 0 N–H and O–H groups in total. The molecule has 1 aliphatic rings. The van der Waals surface area contributed by atoms with Crippen molar-refractivity contribution in [2.75, 3.05) is 25.5 Å². The summed E-state index contributed by atoms with van der Waals surface area (Å²) in [5.41, 5.74) is 0. The molecule has 1 atom stereocenters. The first-order valence-electron chi connectivity index (χ1n) is 4.79. The average Bonchev–Trinajstić information content (AvgIpc) is 2.21. The summed E-state index contributed by atoms with van der Waals surface area (Å²) in [4.78, 5) is 8.61. The highest BCUT2D eigenvalue weighted by Gasteiger charge is 2.20. The lowest BCUT2D eigenvalue weighted by Crippen LogP contribution is -2.31. The third-order valence-electron chi connectivity index (χ3n) is 1.73. The first kappa shape index (κ1) is 11.4. The van der Waals surface area contributed by atoms with Gasteiger partial charge in [0, 0.05) is 5.75 Å². The monoisotopic (exact) mass is 216 g/mol. The van der Waals surface area contributed by atoms with Crippen molar-refractivity contribution in [1.82, 2.24) is 0 Å². The van der Waals surface area contributed by atoms with Crippen LogP contribution in [0.25, 0.3) is 0 Å². The largest absolute Gasteiger partial charge is 0.480 e. The van der Waals surface area contributed by atoms with E-state index < -0.39 is 0 Å². The van der Waals surface area contributed by atoms with E-state index in [0.29, 0.717) is 37.3 Å². The number of hydrogen-bond donors (Lipinski definition) is 1. The molecule has 0 fully saturated rings. The maximum Gasteiger partial charge on any atom is 0.210 e. The molecule has 4 nitrogen and oxygen atoms in total. The molecule has 5 heteroatoms. The standard InChI is InChI=1S/C9H16N2O2S/c1-3-12-8-5-10-9(13-4-2)7(6-14)11-8/h7,14H,3-6H2,1-2H3. The zero-order valence-corrected chi connectivity index (χ0v) is 9.46. The van der Waals surface area contributed by atoms with Crippen LogP contribution >= 0.6 is 12.6 Å². The number of nitrogens with zero attached hydrogens (tertiary/aromatic N) is 2. The fraction of sp³-hybridized carbons (Fsp3) is 0.778. The normalized spacial score (nSPS) is 21.2. The van der Waals surface area contributed by atoms with Crippen LogP contribution < -0.4 is 0 Å². The molecule has 0 radical (unpaired) electrons. The molecule has 1 unspecified atom stereocenters. The lowest BCUT2D eigenvalue weighted by molar-refractivity contribution is 0.296. The lowest BCUT2D eigenvalue weighted by atomic mass is 10.3. The number of aliphatic imine (C=N–C) groups is 2. The SMILES string of the molecule is CCOC1=NC(CS)C(OCC)=NC1. The zero-order chi connectivity index (χ0) is 10.4. The number of thiol groups is 1. The van der Waals surface area contributed by atoms with Crippen molar-refractivity contribution in [3.05, 3.63) is 0 Å². The zero-order valence-electron chi connectivity index (χ0n) is 8.56. The van der Waals surface area contributed by atoms with Gasteiger partial charge in [-0.05, 0) is 13.8 Å². The fourth-order valence-corrected chi connectivity index (χ4v) is 1.42. The predicted octanol–water partition coefficient (Wildman–Crippen LogP) is 1.17. The minimum atomic E-state index is -0.0893. The van der Waals surface area contributed by atoms with Crippen LogP contribution in [0.15, 0.2) is 9.98 Å². The van der Waals surface area contributed by atoms with Crippen molar-refractivity contribution in [3.8, 4) is 0 Å². The van der Waals surface area contributed by atoms with Crippen LogP contribution in [0.3, 0.4) is 0 Å². The van der Waals surface area contributed by atoms with Crippen LogP contribution in [0.2, 0.25) is 0 Å². The van der Waals surface area contributed by atoms with Gasteiger partial charge in [0.25, 0.3) is 0 Å². The van der Waals surface area contributed by atoms with E-state index in [1.807, 2.05) is 13.8 Å². The van der Waals surface area contributed by atoms with E-state index >= 15 is 0 Å². The van der Waals surface area contributed by atoms with Gasteiger partial charge >= 0.3 is 0 Å². The van der Waals surface area contributed by atoms with Gasteiger partial charge in [-0.3, -0.25) is 0 Å². The molecule has 0 amide bonds. The van der Waals surface area contributed by atoms with Crippen molar-refractivity contribution >= 4 is 24.4 Å². The molecule has 0 saturated heterocycles. The molecule has 0 saturated carbocycles. The summed E-state index contributed by atoms with van der Waals surface area (Å²) in [7, 11) is 0. The second-order valence-electron chi connectivity index (χ2n) is 2.74. The van der Waals surface area contributed by atoms with Gasteiger partial charge in [0.15, 0.2) is 0 Å². The van der Waals surface area contributed by atoms with Crippen molar-refractivity contribution < 1.29 is 9.47 Å². The van der Waals surface area contributed by atoms with Crippen LogP contribution in [-0.4, -0.2) is 43.3 Å². The Morgan fingerprint density at radius 2 is 2.07 bits per heavy atom. The Morgan fingerprint density at radius 3 is 2.64 bits per heavy atom. The molecule has 14 heavy (non-hydrogen) atoms. The minimum absolute atomic E-state index is 0.0893. The first-order valence-corrected chi connectivity index (χ1v) is 5.42. The number of hydrogen-bond acceptors (Lipinski definition) is 5. The van der Waals surface area contributed by atoms with E-state index in [2.05, 4.69) is 22.6 Å². The molecule has 0 aromatic heterocycles. The molecule has 1 rings (SSSR count). The summed E-state index contributed by atoms with van der Waals surface area (Å²) < 4.78 is 10.6. The maximum absolute atomic E-state index is 5.35. The summed E-state index contributed by atoms with van der Waals surface area (Å²) in [5.74, 6) is 1.94. The molecule has 0 aromatic carbocycles. The Hall–Kier alpha value is -0.710. The molecular formula is C9H16N2O2S. The van der Waals surface area contributed by atoms with Crippen LogP contribution in [0.1, 0.15) is 13.8 Å². The van der Waals surface area contributed by atoms with Gasteiger partial charge in [-0.15, -0.1) is 0 Å².